The minimum atomic E-state index is 0.316. The molecule has 0 atom stereocenters. The van der Waals surface area contributed by atoms with Gasteiger partial charge in [0.15, 0.2) is 6.61 Å². The summed E-state index contributed by atoms with van der Waals surface area (Å²) in [5.41, 5.74) is 2.16. The molecule has 0 unspecified atom stereocenters. The van der Waals surface area contributed by atoms with E-state index in [-0.39, 0.29) is 0 Å². The van der Waals surface area contributed by atoms with Gasteiger partial charge in [0, 0.05) is 12.3 Å². The van der Waals surface area contributed by atoms with Crippen LogP contribution in [-0.4, -0.2) is 6.72 Å². The summed E-state index contributed by atoms with van der Waals surface area (Å²) in [6.07, 6.45) is 1.71. The van der Waals surface area contributed by atoms with E-state index in [9.17, 15) is 0 Å². The molecule has 0 aliphatic heterocycles. The molecule has 3 nitrogen and oxygen atoms in total. The second kappa shape index (κ2) is 4.46. The zero-order valence-electron chi connectivity index (χ0n) is 8.22. The van der Waals surface area contributed by atoms with E-state index in [1.54, 1.807) is 6.26 Å². The lowest BCUT2D eigenvalue weighted by Gasteiger charge is -1.93. The molecule has 1 heterocycles. The molecule has 76 valence electrons. The molecule has 0 spiro atoms. The minimum Gasteiger partial charge on any atom is -0.465 e. The Kier molecular flexibility index (Phi) is 2.83. The summed E-state index contributed by atoms with van der Waals surface area (Å²) in [4.78, 5) is 4.79. The van der Waals surface area contributed by atoms with Gasteiger partial charge in [-0.3, -0.25) is 0 Å². The first-order chi connectivity index (χ1) is 7.40. The average Bonchev–Trinajstić information content (AvgIpc) is 2.76. The summed E-state index contributed by atoms with van der Waals surface area (Å²) in [5, 5.41) is 3.30. The number of furan rings is 1. The van der Waals surface area contributed by atoms with Crippen LogP contribution < -0.4 is 0 Å². The van der Waals surface area contributed by atoms with Crippen molar-refractivity contribution in [2.45, 2.75) is 6.61 Å². The van der Waals surface area contributed by atoms with E-state index < -0.39 is 0 Å². The first-order valence-corrected chi connectivity index (χ1v) is 4.61. The van der Waals surface area contributed by atoms with Crippen molar-refractivity contribution in [2.24, 2.45) is 5.16 Å². The van der Waals surface area contributed by atoms with Crippen molar-refractivity contribution in [2.75, 3.05) is 0 Å². The maximum absolute atomic E-state index is 5.31. The molecule has 15 heavy (non-hydrogen) atoms. The van der Waals surface area contributed by atoms with Gasteiger partial charge in [0.2, 0.25) is 0 Å². The summed E-state index contributed by atoms with van der Waals surface area (Å²) >= 11 is 0. The smallest absolute Gasteiger partial charge is 0.174 e. The van der Waals surface area contributed by atoms with Crippen LogP contribution in [0, 0.1) is 0 Å². The monoisotopic (exact) mass is 201 g/mol. The van der Waals surface area contributed by atoms with E-state index in [2.05, 4.69) is 11.9 Å². The first kappa shape index (κ1) is 9.52. The number of oxime groups is 1. The predicted octanol–water partition coefficient (Wildman–Crippen LogP) is 3.08. The average molecular weight is 201 g/mol. The van der Waals surface area contributed by atoms with Gasteiger partial charge < -0.3 is 9.25 Å². The first-order valence-electron chi connectivity index (χ1n) is 4.61. The molecule has 0 saturated heterocycles. The highest BCUT2D eigenvalue weighted by Gasteiger charge is 2.03. The summed E-state index contributed by atoms with van der Waals surface area (Å²) in [5.74, 6) is 0.737. The normalized spacial score (nSPS) is 9.87. The lowest BCUT2D eigenvalue weighted by molar-refractivity contribution is 0.117. The van der Waals surface area contributed by atoms with Gasteiger partial charge in [-0.2, -0.15) is 0 Å². The van der Waals surface area contributed by atoms with Gasteiger partial charge in [0.25, 0.3) is 0 Å². The number of rotatable bonds is 4. The van der Waals surface area contributed by atoms with Crippen LogP contribution in [-0.2, 0) is 11.4 Å². The van der Waals surface area contributed by atoms with Crippen LogP contribution in [0.15, 0.2) is 52.2 Å². The van der Waals surface area contributed by atoms with Crippen LogP contribution in [0.3, 0.4) is 0 Å². The summed E-state index contributed by atoms with van der Waals surface area (Å²) in [7, 11) is 0. The lowest BCUT2D eigenvalue weighted by atomic mass is 10.1. The Labute approximate surface area is 88.0 Å². The van der Waals surface area contributed by atoms with Gasteiger partial charge in [-0.05, 0) is 11.6 Å². The molecule has 0 N–H and O–H groups in total. The largest absolute Gasteiger partial charge is 0.465 e. The van der Waals surface area contributed by atoms with Crippen LogP contribution in [0.5, 0.6) is 0 Å². The van der Waals surface area contributed by atoms with E-state index in [0.29, 0.717) is 6.61 Å². The Morgan fingerprint density at radius 1 is 1.20 bits per heavy atom. The number of hydrogen-bond acceptors (Lipinski definition) is 3. The molecule has 2 aromatic rings. The highest BCUT2D eigenvalue weighted by atomic mass is 16.6. The molecule has 0 radical (unpaired) electrons. The van der Waals surface area contributed by atoms with Crippen molar-refractivity contribution in [3.8, 4) is 11.1 Å². The van der Waals surface area contributed by atoms with Crippen molar-refractivity contribution in [3.05, 3.63) is 48.4 Å². The van der Waals surface area contributed by atoms with Crippen LogP contribution in [0.25, 0.3) is 11.1 Å². The molecular formula is C12H11NO2. The Balaban J connectivity index is 2.17. The molecule has 2 rings (SSSR count). The quantitative estimate of drug-likeness (QED) is 0.562. The van der Waals surface area contributed by atoms with Gasteiger partial charge >= 0.3 is 0 Å². The lowest BCUT2D eigenvalue weighted by Crippen LogP contribution is -1.81. The molecule has 0 aliphatic carbocycles. The van der Waals surface area contributed by atoms with Gasteiger partial charge in [0.1, 0.15) is 5.76 Å². The van der Waals surface area contributed by atoms with E-state index in [0.717, 1.165) is 16.9 Å². The summed E-state index contributed by atoms with van der Waals surface area (Å²) < 4.78 is 5.31. The fourth-order valence-electron chi connectivity index (χ4n) is 1.35. The number of nitrogens with zero attached hydrogens (tertiary/aromatic N) is 1. The standard InChI is InChI=1S/C12H11NO2/c1-13-15-9-12-7-11(8-14-12)10-5-3-2-4-6-10/h2-8H,1,9H2. The molecule has 0 saturated carbocycles. The second-order valence-corrected chi connectivity index (χ2v) is 3.07. The zero-order valence-corrected chi connectivity index (χ0v) is 8.22. The molecule has 0 amide bonds. The second-order valence-electron chi connectivity index (χ2n) is 3.07. The van der Waals surface area contributed by atoms with Gasteiger partial charge in [-0.1, -0.05) is 30.3 Å². The SMILES string of the molecule is C=NOCc1cc(-c2ccccc2)co1. The van der Waals surface area contributed by atoms with Crippen LogP contribution in [0.4, 0.5) is 0 Å². The zero-order chi connectivity index (χ0) is 10.5. The topological polar surface area (TPSA) is 34.7 Å². The highest BCUT2D eigenvalue weighted by molar-refractivity contribution is 5.62. The van der Waals surface area contributed by atoms with Crippen molar-refractivity contribution in [1.82, 2.24) is 0 Å². The Morgan fingerprint density at radius 3 is 2.73 bits per heavy atom. The van der Waals surface area contributed by atoms with Crippen molar-refractivity contribution in [1.29, 1.82) is 0 Å². The summed E-state index contributed by atoms with van der Waals surface area (Å²) in [6.45, 7) is 3.54. The maximum atomic E-state index is 5.31. The Hall–Kier alpha value is -2.03. The number of benzene rings is 1. The molecular weight excluding hydrogens is 190 g/mol. The van der Waals surface area contributed by atoms with E-state index in [1.807, 2.05) is 36.4 Å². The predicted molar refractivity (Wildman–Crippen MR) is 58.5 cm³/mol. The van der Waals surface area contributed by atoms with Gasteiger partial charge in [0.05, 0.1) is 6.26 Å². The highest BCUT2D eigenvalue weighted by Crippen LogP contribution is 2.21. The molecule has 1 aromatic carbocycles. The van der Waals surface area contributed by atoms with E-state index >= 15 is 0 Å². The van der Waals surface area contributed by atoms with Crippen LogP contribution in [0.2, 0.25) is 0 Å². The molecule has 0 fully saturated rings. The summed E-state index contributed by atoms with van der Waals surface area (Å²) in [6, 6.07) is 12.0. The fraction of sp³-hybridized carbons (Fsp3) is 0.0833. The minimum absolute atomic E-state index is 0.316. The molecule has 0 aliphatic rings. The molecule has 3 heteroatoms. The fourth-order valence-corrected chi connectivity index (χ4v) is 1.35. The van der Waals surface area contributed by atoms with Gasteiger partial charge in [-0.25, -0.2) is 0 Å². The Bertz CT molecular complexity index is 434. The third-order valence-corrected chi connectivity index (χ3v) is 2.06. The van der Waals surface area contributed by atoms with Crippen molar-refractivity contribution < 1.29 is 9.25 Å². The Morgan fingerprint density at radius 2 is 2.00 bits per heavy atom. The molecule has 0 bridgehead atoms. The third kappa shape index (κ3) is 2.26. The maximum Gasteiger partial charge on any atom is 0.174 e. The van der Waals surface area contributed by atoms with E-state index in [4.69, 9.17) is 9.25 Å². The van der Waals surface area contributed by atoms with Crippen molar-refractivity contribution >= 4 is 6.72 Å². The van der Waals surface area contributed by atoms with Crippen molar-refractivity contribution in [3.63, 3.8) is 0 Å². The van der Waals surface area contributed by atoms with Crippen LogP contribution in [0.1, 0.15) is 5.76 Å². The molecule has 1 aromatic heterocycles. The van der Waals surface area contributed by atoms with E-state index in [1.165, 1.54) is 0 Å². The third-order valence-electron chi connectivity index (χ3n) is 2.06. The van der Waals surface area contributed by atoms with Gasteiger partial charge in [-0.15, -0.1) is 5.16 Å². The number of hydrogen-bond donors (Lipinski definition) is 0. The van der Waals surface area contributed by atoms with Crippen LogP contribution >= 0.6 is 0 Å².